The molecule has 1 aromatic heterocycles. The van der Waals surface area contributed by atoms with E-state index in [1.807, 2.05) is 61.8 Å². The summed E-state index contributed by atoms with van der Waals surface area (Å²) in [6, 6.07) is 15.4. The number of nitrogens with one attached hydrogen (secondary N) is 1. The smallest absolute Gasteiger partial charge is 0.208 e. The second-order valence-electron chi connectivity index (χ2n) is 6.64. The van der Waals surface area contributed by atoms with E-state index in [9.17, 15) is 5.21 Å². The van der Waals surface area contributed by atoms with E-state index in [1.54, 1.807) is 6.07 Å². The molecule has 0 radical (unpaired) electrons. The van der Waals surface area contributed by atoms with Crippen molar-refractivity contribution in [2.75, 3.05) is 5.48 Å². The standard InChI is InChI=1S/C21H23ClN3O2/c1-14-16(3)27-21(23-14)13-25(12-18-6-4-5-7-20(18)24-26)15(2)17-8-10-19(22)11-9-17/h4-11,15,24H,12-13H2,1-3H3/q-1. The van der Waals surface area contributed by atoms with Crippen molar-refractivity contribution in [1.82, 2.24) is 9.88 Å². The van der Waals surface area contributed by atoms with Gasteiger partial charge in [-0.15, -0.1) is 0 Å². The summed E-state index contributed by atoms with van der Waals surface area (Å²) in [6.07, 6.45) is 0. The lowest BCUT2D eigenvalue weighted by Crippen LogP contribution is -2.27. The summed E-state index contributed by atoms with van der Waals surface area (Å²) >= 11 is 6.03. The summed E-state index contributed by atoms with van der Waals surface area (Å²) in [7, 11) is 0. The van der Waals surface area contributed by atoms with Crippen molar-refractivity contribution in [1.29, 1.82) is 0 Å². The summed E-state index contributed by atoms with van der Waals surface area (Å²) in [5, 5.41) is 12.0. The van der Waals surface area contributed by atoms with E-state index in [1.165, 1.54) is 0 Å². The number of para-hydroxylation sites is 1. The third kappa shape index (κ3) is 4.69. The molecule has 5 nitrogen and oxygen atoms in total. The second kappa shape index (κ2) is 8.57. The van der Waals surface area contributed by atoms with Gasteiger partial charge in [0.25, 0.3) is 0 Å². The molecule has 0 spiro atoms. The lowest BCUT2D eigenvalue weighted by atomic mass is 10.1. The number of aryl methyl sites for hydroxylation is 2. The quantitative estimate of drug-likeness (QED) is 0.535. The molecule has 0 saturated carbocycles. The summed E-state index contributed by atoms with van der Waals surface area (Å²) in [4.78, 5) is 6.74. The third-order valence-corrected chi connectivity index (χ3v) is 5.06. The number of benzene rings is 2. The van der Waals surface area contributed by atoms with E-state index in [4.69, 9.17) is 16.0 Å². The zero-order valence-electron chi connectivity index (χ0n) is 15.7. The van der Waals surface area contributed by atoms with Crippen LogP contribution in [0.25, 0.3) is 0 Å². The van der Waals surface area contributed by atoms with Gasteiger partial charge in [-0.3, -0.25) is 4.90 Å². The molecule has 0 fully saturated rings. The van der Waals surface area contributed by atoms with Crippen molar-refractivity contribution in [2.24, 2.45) is 0 Å². The van der Waals surface area contributed by atoms with Crippen molar-refractivity contribution < 1.29 is 4.42 Å². The molecule has 1 N–H and O–H groups in total. The van der Waals surface area contributed by atoms with E-state index in [2.05, 4.69) is 16.8 Å². The van der Waals surface area contributed by atoms with Gasteiger partial charge in [-0.2, -0.15) is 0 Å². The van der Waals surface area contributed by atoms with Gasteiger partial charge in [-0.25, -0.2) is 4.98 Å². The number of hydrogen-bond acceptors (Lipinski definition) is 5. The fourth-order valence-electron chi connectivity index (χ4n) is 3.04. The van der Waals surface area contributed by atoms with Crippen LogP contribution >= 0.6 is 11.6 Å². The van der Waals surface area contributed by atoms with Gasteiger partial charge in [0.15, 0.2) is 0 Å². The van der Waals surface area contributed by atoms with Gasteiger partial charge in [-0.1, -0.05) is 41.9 Å². The Morgan fingerprint density at radius 2 is 1.81 bits per heavy atom. The minimum atomic E-state index is 0.0782. The van der Waals surface area contributed by atoms with E-state index in [0.29, 0.717) is 29.7 Å². The molecule has 6 heteroatoms. The van der Waals surface area contributed by atoms with Gasteiger partial charge < -0.3 is 15.1 Å². The van der Waals surface area contributed by atoms with E-state index in [0.717, 1.165) is 22.6 Å². The molecule has 1 atom stereocenters. The molecular formula is C21H23ClN3O2-. The molecule has 0 amide bonds. The average molecular weight is 385 g/mol. The first-order chi connectivity index (χ1) is 13.0. The molecule has 27 heavy (non-hydrogen) atoms. The van der Waals surface area contributed by atoms with Crippen molar-refractivity contribution in [3.63, 3.8) is 0 Å². The lowest BCUT2D eigenvalue weighted by molar-refractivity contribution is 0.173. The Kier molecular flexibility index (Phi) is 6.16. The highest BCUT2D eigenvalue weighted by Crippen LogP contribution is 2.28. The molecule has 1 heterocycles. The van der Waals surface area contributed by atoms with E-state index < -0.39 is 0 Å². The number of aromatic nitrogens is 1. The first-order valence-electron chi connectivity index (χ1n) is 8.86. The van der Waals surface area contributed by atoms with Crippen LogP contribution in [0.2, 0.25) is 5.02 Å². The highest BCUT2D eigenvalue weighted by molar-refractivity contribution is 6.30. The summed E-state index contributed by atoms with van der Waals surface area (Å²) < 4.78 is 5.79. The predicted octanol–water partition coefficient (Wildman–Crippen LogP) is 5.62. The zero-order valence-corrected chi connectivity index (χ0v) is 16.5. The molecule has 3 aromatic rings. The second-order valence-corrected chi connectivity index (χ2v) is 7.08. The topological polar surface area (TPSA) is 64.4 Å². The normalized spacial score (nSPS) is 12.4. The molecule has 0 bridgehead atoms. The van der Waals surface area contributed by atoms with E-state index in [-0.39, 0.29) is 6.04 Å². The molecular weight excluding hydrogens is 362 g/mol. The van der Waals surface area contributed by atoms with Crippen LogP contribution in [0.5, 0.6) is 0 Å². The Morgan fingerprint density at radius 3 is 2.44 bits per heavy atom. The number of nitrogens with zero attached hydrogens (tertiary/aromatic N) is 2. The van der Waals surface area contributed by atoms with Gasteiger partial charge in [0, 0.05) is 23.3 Å². The molecule has 142 valence electrons. The monoisotopic (exact) mass is 384 g/mol. The molecule has 0 aliphatic carbocycles. The van der Waals surface area contributed by atoms with Crippen molar-refractivity contribution in [3.05, 3.63) is 87.2 Å². The Morgan fingerprint density at radius 1 is 1.11 bits per heavy atom. The highest BCUT2D eigenvalue weighted by Gasteiger charge is 2.20. The molecule has 1 unspecified atom stereocenters. The van der Waals surface area contributed by atoms with Crippen LogP contribution in [0.4, 0.5) is 5.69 Å². The highest BCUT2D eigenvalue weighted by atomic mass is 35.5. The minimum Gasteiger partial charge on any atom is -0.761 e. The Bertz CT molecular complexity index is 873. The van der Waals surface area contributed by atoms with E-state index >= 15 is 0 Å². The maximum absolute atomic E-state index is 11.3. The maximum atomic E-state index is 11.3. The fraction of sp³-hybridized carbons (Fsp3) is 0.286. The first kappa shape index (κ1) is 19.4. The van der Waals surface area contributed by atoms with Crippen LogP contribution in [0.15, 0.2) is 52.9 Å². The van der Waals surface area contributed by atoms with Crippen LogP contribution in [-0.4, -0.2) is 9.88 Å². The van der Waals surface area contributed by atoms with Crippen molar-refractivity contribution in [2.45, 2.75) is 39.9 Å². The third-order valence-electron chi connectivity index (χ3n) is 4.81. The van der Waals surface area contributed by atoms with Crippen LogP contribution < -0.4 is 5.48 Å². The number of rotatable bonds is 7. The largest absolute Gasteiger partial charge is 0.761 e. The number of anilines is 1. The number of hydrogen-bond donors (Lipinski definition) is 1. The van der Waals surface area contributed by atoms with Crippen LogP contribution in [0.1, 0.15) is 41.4 Å². The Hall–Kier alpha value is -2.34. The van der Waals surface area contributed by atoms with Gasteiger partial charge in [-0.05, 0) is 50.1 Å². The van der Waals surface area contributed by atoms with Crippen LogP contribution in [0, 0.1) is 19.1 Å². The first-order valence-corrected chi connectivity index (χ1v) is 9.24. The van der Waals surface area contributed by atoms with Crippen molar-refractivity contribution in [3.8, 4) is 0 Å². The summed E-state index contributed by atoms with van der Waals surface area (Å²) in [5.41, 5.74) is 5.56. The van der Waals surface area contributed by atoms with Gasteiger partial charge in [0.1, 0.15) is 5.76 Å². The van der Waals surface area contributed by atoms with Crippen molar-refractivity contribution >= 4 is 17.3 Å². The molecule has 3 rings (SSSR count). The SMILES string of the molecule is Cc1nc(CN(Cc2ccccc2N[O-])C(C)c2ccc(Cl)cc2)oc1C. The molecule has 2 aromatic carbocycles. The number of oxazole rings is 1. The average Bonchev–Trinajstić information content (AvgIpc) is 2.99. The summed E-state index contributed by atoms with van der Waals surface area (Å²) in [5.74, 6) is 1.49. The minimum absolute atomic E-state index is 0.0782. The molecule has 0 aliphatic rings. The van der Waals surface area contributed by atoms with Crippen LogP contribution in [-0.2, 0) is 13.1 Å². The predicted molar refractivity (Wildman–Crippen MR) is 109 cm³/mol. The van der Waals surface area contributed by atoms with Gasteiger partial charge >= 0.3 is 0 Å². The summed E-state index contributed by atoms with van der Waals surface area (Å²) in [6.45, 7) is 7.09. The Balaban J connectivity index is 1.90. The molecule has 0 saturated heterocycles. The zero-order chi connectivity index (χ0) is 19.4. The number of halogens is 1. The Labute approximate surface area is 164 Å². The maximum Gasteiger partial charge on any atom is 0.208 e. The fourth-order valence-corrected chi connectivity index (χ4v) is 3.16. The van der Waals surface area contributed by atoms with Crippen LogP contribution in [0.3, 0.4) is 0 Å². The van der Waals surface area contributed by atoms with Gasteiger partial charge in [0.2, 0.25) is 5.89 Å². The van der Waals surface area contributed by atoms with Gasteiger partial charge in [0.05, 0.1) is 12.2 Å². The lowest BCUT2D eigenvalue weighted by Gasteiger charge is -2.29. The molecule has 0 aliphatic heterocycles.